The predicted octanol–water partition coefficient (Wildman–Crippen LogP) is 4.38. The van der Waals surface area contributed by atoms with Gasteiger partial charge in [0, 0.05) is 11.4 Å². The van der Waals surface area contributed by atoms with Crippen molar-refractivity contribution in [3.05, 3.63) is 38.3 Å². The molecule has 1 atom stereocenters. The molecular formula is C15H22BrN3S. The van der Waals surface area contributed by atoms with E-state index in [1.165, 1.54) is 16.1 Å². The van der Waals surface area contributed by atoms with Crippen molar-refractivity contribution < 1.29 is 0 Å². The van der Waals surface area contributed by atoms with Crippen LogP contribution in [0.3, 0.4) is 0 Å². The van der Waals surface area contributed by atoms with Gasteiger partial charge in [0.2, 0.25) is 0 Å². The minimum absolute atomic E-state index is 0.221. The van der Waals surface area contributed by atoms with Crippen molar-refractivity contribution in [1.82, 2.24) is 15.1 Å². The fourth-order valence-electron chi connectivity index (χ4n) is 2.46. The van der Waals surface area contributed by atoms with E-state index in [9.17, 15) is 0 Å². The molecule has 2 rings (SSSR count). The largest absolute Gasteiger partial charge is 0.305 e. The smallest absolute Gasteiger partial charge is 0.0856 e. The van der Waals surface area contributed by atoms with Crippen LogP contribution in [0.1, 0.15) is 49.4 Å². The summed E-state index contributed by atoms with van der Waals surface area (Å²) in [4.78, 5) is 1.41. The van der Waals surface area contributed by atoms with Gasteiger partial charge in [-0.15, -0.1) is 11.3 Å². The molecule has 0 aliphatic heterocycles. The van der Waals surface area contributed by atoms with Crippen LogP contribution < -0.4 is 5.32 Å². The molecule has 0 aliphatic rings. The summed E-state index contributed by atoms with van der Waals surface area (Å²) in [6, 6.07) is 2.46. The summed E-state index contributed by atoms with van der Waals surface area (Å²) in [5, 5.41) is 10.3. The van der Waals surface area contributed by atoms with Gasteiger partial charge < -0.3 is 5.32 Å². The number of nitrogens with zero attached hydrogens (tertiary/aromatic N) is 2. The van der Waals surface area contributed by atoms with E-state index in [0.29, 0.717) is 0 Å². The average Bonchev–Trinajstić information content (AvgIpc) is 3.04. The minimum atomic E-state index is 0.221. The monoisotopic (exact) mass is 355 g/mol. The van der Waals surface area contributed by atoms with E-state index in [1.54, 1.807) is 0 Å². The maximum Gasteiger partial charge on any atom is 0.0856 e. The maximum atomic E-state index is 4.51. The molecule has 0 saturated carbocycles. The third-order valence-electron chi connectivity index (χ3n) is 3.37. The highest BCUT2D eigenvalue weighted by Gasteiger charge is 2.23. The van der Waals surface area contributed by atoms with Crippen molar-refractivity contribution in [3.63, 3.8) is 0 Å². The lowest BCUT2D eigenvalue weighted by Gasteiger charge is -2.20. The molecule has 110 valence electrons. The zero-order chi connectivity index (χ0) is 14.5. The quantitative estimate of drug-likeness (QED) is 0.798. The SMILES string of the molecule is CCCn1ncc(Br)c1C(NCC)c1sccc1CC. The first-order chi connectivity index (χ1) is 9.72. The van der Waals surface area contributed by atoms with E-state index >= 15 is 0 Å². The molecule has 0 aromatic carbocycles. The number of aromatic nitrogens is 2. The second-order valence-electron chi connectivity index (χ2n) is 4.76. The Morgan fingerprint density at radius 1 is 1.40 bits per heavy atom. The van der Waals surface area contributed by atoms with Crippen LogP contribution in [-0.4, -0.2) is 16.3 Å². The highest BCUT2D eigenvalue weighted by Crippen LogP contribution is 2.34. The zero-order valence-electron chi connectivity index (χ0n) is 12.3. The molecule has 0 amide bonds. The Morgan fingerprint density at radius 3 is 2.85 bits per heavy atom. The summed E-state index contributed by atoms with van der Waals surface area (Å²) in [6.45, 7) is 8.45. The Bertz CT molecular complexity index is 547. The zero-order valence-corrected chi connectivity index (χ0v) is 14.7. The summed E-state index contributed by atoms with van der Waals surface area (Å²) in [7, 11) is 0. The third kappa shape index (κ3) is 3.15. The van der Waals surface area contributed by atoms with Gasteiger partial charge >= 0.3 is 0 Å². The van der Waals surface area contributed by atoms with Crippen molar-refractivity contribution in [2.45, 2.75) is 46.2 Å². The van der Waals surface area contributed by atoms with Crippen LogP contribution in [0.5, 0.6) is 0 Å². The van der Waals surface area contributed by atoms with Gasteiger partial charge in [0.05, 0.1) is 22.4 Å². The summed E-state index contributed by atoms with van der Waals surface area (Å²) in [5.41, 5.74) is 2.67. The molecule has 2 heterocycles. The normalized spacial score (nSPS) is 12.8. The van der Waals surface area contributed by atoms with E-state index in [2.05, 4.69) is 63.2 Å². The molecule has 2 aromatic heterocycles. The van der Waals surface area contributed by atoms with E-state index < -0.39 is 0 Å². The van der Waals surface area contributed by atoms with Crippen molar-refractivity contribution in [2.24, 2.45) is 0 Å². The third-order valence-corrected chi connectivity index (χ3v) is 5.01. The Kier molecular flexibility index (Phi) is 5.81. The number of hydrogen-bond acceptors (Lipinski definition) is 3. The van der Waals surface area contributed by atoms with E-state index in [1.807, 2.05) is 17.5 Å². The van der Waals surface area contributed by atoms with Crippen LogP contribution in [0.2, 0.25) is 0 Å². The number of rotatable bonds is 7. The van der Waals surface area contributed by atoms with Crippen LogP contribution in [0.15, 0.2) is 22.1 Å². The van der Waals surface area contributed by atoms with E-state index in [4.69, 9.17) is 0 Å². The molecule has 0 radical (unpaired) electrons. The number of aryl methyl sites for hydroxylation is 2. The molecule has 0 bridgehead atoms. The van der Waals surface area contributed by atoms with Gasteiger partial charge in [-0.3, -0.25) is 4.68 Å². The molecular weight excluding hydrogens is 334 g/mol. The van der Waals surface area contributed by atoms with E-state index in [-0.39, 0.29) is 6.04 Å². The number of thiophene rings is 1. The lowest BCUT2D eigenvalue weighted by molar-refractivity contribution is 0.521. The Morgan fingerprint density at radius 2 is 2.20 bits per heavy atom. The Hall–Kier alpha value is -0.650. The molecule has 2 aromatic rings. The van der Waals surface area contributed by atoms with Gasteiger partial charge in [-0.2, -0.15) is 5.10 Å². The standard InChI is InChI=1S/C15H22BrN3S/c1-4-8-19-14(12(16)10-18-19)13(17-6-3)15-11(5-2)7-9-20-15/h7,9-10,13,17H,4-6,8H2,1-3H3. The maximum absolute atomic E-state index is 4.51. The average molecular weight is 356 g/mol. The molecule has 0 fully saturated rings. The van der Waals surface area contributed by atoms with Crippen LogP contribution in [-0.2, 0) is 13.0 Å². The van der Waals surface area contributed by atoms with Crippen molar-refractivity contribution in [2.75, 3.05) is 6.54 Å². The molecule has 5 heteroatoms. The second-order valence-corrected chi connectivity index (χ2v) is 6.56. The summed E-state index contributed by atoms with van der Waals surface area (Å²) >= 11 is 5.50. The van der Waals surface area contributed by atoms with Crippen molar-refractivity contribution in [1.29, 1.82) is 0 Å². The van der Waals surface area contributed by atoms with Gasteiger partial charge in [0.25, 0.3) is 0 Å². The highest BCUT2D eigenvalue weighted by molar-refractivity contribution is 9.10. The van der Waals surface area contributed by atoms with Crippen molar-refractivity contribution >= 4 is 27.3 Å². The van der Waals surface area contributed by atoms with E-state index in [0.717, 1.165) is 30.4 Å². The minimum Gasteiger partial charge on any atom is -0.305 e. The highest BCUT2D eigenvalue weighted by atomic mass is 79.9. The lowest BCUT2D eigenvalue weighted by atomic mass is 10.1. The van der Waals surface area contributed by atoms with Gasteiger partial charge in [-0.1, -0.05) is 20.8 Å². The first-order valence-corrected chi connectivity index (χ1v) is 8.90. The Labute approximate surface area is 133 Å². The first-order valence-electron chi connectivity index (χ1n) is 7.23. The molecule has 1 unspecified atom stereocenters. The number of halogens is 1. The van der Waals surface area contributed by atoms with Crippen molar-refractivity contribution in [3.8, 4) is 0 Å². The fraction of sp³-hybridized carbons (Fsp3) is 0.533. The Balaban J connectivity index is 2.45. The van der Waals surface area contributed by atoms with Gasteiger partial charge in [-0.25, -0.2) is 0 Å². The van der Waals surface area contributed by atoms with Crippen LogP contribution in [0.25, 0.3) is 0 Å². The van der Waals surface area contributed by atoms with Gasteiger partial charge in [0.15, 0.2) is 0 Å². The molecule has 1 N–H and O–H groups in total. The number of nitrogens with one attached hydrogen (secondary N) is 1. The van der Waals surface area contributed by atoms with Crippen LogP contribution >= 0.6 is 27.3 Å². The lowest BCUT2D eigenvalue weighted by Crippen LogP contribution is -2.25. The summed E-state index contributed by atoms with van der Waals surface area (Å²) < 4.78 is 3.21. The van der Waals surface area contributed by atoms with Crippen LogP contribution in [0.4, 0.5) is 0 Å². The molecule has 20 heavy (non-hydrogen) atoms. The van der Waals surface area contributed by atoms with Crippen LogP contribution in [0, 0.1) is 0 Å². The molecule has 0 saturated heterocycles. The predicted molar refractivity (Wildman–Crippen MR) is 89.4 cm³/mol. The first kappa shape index (κ1) is 15.7. The molecule has 3 nitrogen and oxygen atoms in total. The topological polar surface area (TPSA) is 29.9 Å². The molecule has 0 spiro atoms. The number of hydrogen-bond donors (Lipinski definition) is 1. The van der Waals surface area contributed by atoms with Gasteiger partial charge in [-0.05, 0) is 52.3 Å². The van der Waals surface area contributed by atoms with Gasteiger partial charge in [0.1, 0.15) is 0 Å². The summed E-state index contributed by atoms with van der Waals surface area (Å²) in [6.07, 6.45) is 4.07. The fourth-order valence-corrected chi connectivity index (χ4v) is 4.06. The second kappa shape index (κ2) is 7.38. The summed E-state index contributed by atoms with van der Waals surface area (Å²) in [5.74, 6) is 0. The molecule has 0 aliphatic carbocycles.